The van der Waals surface area contributed by atoms with Crippen LogP contribution < -0.4 is 9.47 Å². The Morgan fingerprint density at radius 3 is 1.79 bits per heavy atom. The molecule has 0 unspecified atom stereocenters. The molecule has 0 amide bonds. The average molecular weight is 552 g/mol. The van der Waals surface area contributed by atoms with Gasteiger partial charge in [0, 0.05) is 23.1 Å². The van der Waals surface area contributed by atoms with Crippen LogP contribution in [0.4, 0.5) is 4.39 Å². The van der Waals surface area contributed by atoms with Crippen LogP contribution in [0.3, 0.4) is 0 Å². The number of ether oxygens (including phenoxy) is 2. The molecule has 0 heterocycles. The summed E-state index contributed by atoms with van der Waals surface area (Å²) in [5.74, 6) is 0.631. The van der Waals surface area contributed by atoms with Crippen LogP contribution >= 0.6 is 15.9 Å². The Balaban J connectivity index is 1.93. The van der Waals surface area contributed by atoms with Crippen LogP contribution in [0.1, 0.15) is 29.7 Å². The standard InChI is InChI=1S/C25H27BrFNO5S/c1-17(25(29)23-13-8-20(26)14-24(23)27)34(30,31)28(15-18-4-9-21(32-2)10-5-18)16-19-6-11-22(33-3)12-7-19/h4-14,17,25,29H,15-16H2,1-3H3/t17-,25+/m1/s1. The van der Waals surface area contributed by atoms with Gasteiger partial charge in [-0.25, -0.2) is 12.8 Å². The van der Waals surface area contributed by atoms with Gasteiger partial charge in [0.25, 0.3) is 0 Å². The van der Waals surface area contributed by atoms with Gasteiger partial charge in [0.1, 0.15) is 22.6 Å². The number of nitrogens with zero attached hydrogens (tertiary/aromatic N) is 1. The summed E-state index contributed by atoms with van der Waals surface area (Å²) >= 11 is 3.17. The minimum atomic E-state index is -4.06. The number of sulfonamides is 1. The summed E-state index contributed by atoms with van der Waals surface area (Å²) in [6.07, 6.45) is -1.55. The number of benzene rings is 3. The second kappa shape index (κ2) is 11.3. The van der Waals surface area contributed by atoms with Crippen LogP contribution in [0.2, 0.25) is 0 Å². The van der Waals surface area contributed by atoms with Crippen molar-refractivity contribution in [2.45, 2.75) is 31.4 Å². The van der Waals surface area contributed by atoms with Gasteiger partial charge in [-0.3, -0.25) is 0 Å². The van der Waals surface area contributed by atoms with Gasteiger partial charge in [0.05, 0.1) is 20.3 Å². The first-order valence-electron chi connectivity index (χ1n) is 10.5. The van der Waals surface area contributed by atoms with E-state index in [0.29, 0.717) is 16.0 Å². The minimum Gasteiger partial charge on any atom is -0.497 e. The summed E-state index contributed by atoms with van der Waals surface area (Å²) in [5.41, 5.74) is 1.41. The van der Waals surface area contributed by atoms with E-state index in [0.717, 1.165) is 11.1 Å². The summed E-state index contributed by atoms with van der Waals surface area (Å²) in [4.78, 5) is 0. The van der Waals surface area contributed by atoms with E-state index >= 15 is 0 Å². The topological polar surface area (TPSA) is 76.1 Å². The second-order valence-electron chi connectivity index (χ2n) is 7.82. The van der Waals surface area contributed by atoms with Crippen molar-refractivity contribution in [3.8, 4) is 11.5 Å². The van der Waals surface area contributed by atoms with Crippen molar-refractivity contribution in [2.75, 3.05) is 14.2 Å². The van der Waals surface area contributed by atoms with Crippen LogP contribution in [0.25, 0.3) is 0 Å². The van der Waals surface area contributed by atoms with E-state index in [1.807, 2.05) is 0 Å². The Kier molecular flexibility index (Phi) is 8.70. The highest BCUT2D eigenvalue weighted by molar-refractivity contribution is 9.10. The fourth-order valence-electron chi connectivity index (χ4n) is 3.50. The van der Waals surface area contributed by atoms with Gasteiger partial charge in [0.15, 0.2) is 0 Å². The summed E-state index contributed by atoms with van der Waals surface area (Å²) in [5, 5.41) is 9.53. The smallest absolute Gasteiger partial charge is 0.220 e. The fraction of sp³-hybridized carbons (Fsp3) is 0.280. The monoisotopic (exact) mass is 551 g/mol. The van der Waals surface area contributed by atoms with Crippen molar-refractivity contribution in [1.29, 1.82) is 0 Å². The third kappa shape index (κ3) is 6.15. The number of methoxy groups -OCH3 is 2. The molecule has 0 bridgehead atoms. The highest BCUT2D eigenvalue weighted by atomic mass is 79.9. The highest BCUT2D eigenvalue weighted by Gasteiger charge is 2.35. The van der Waals surface area contributed by atoms with Crippen molar-refractivity contribution in [1.82, 2.24) is 4.31 Å². The summed E-state index contributed by atoms with van der Waals surface area (Å²) in [6, 6.07) is 18.3. The molecule has 6 nitrogen and oxygen atoms in total. The van der Waals surface area contributed by atoms with E-state index in [4.69, 9.17) is 9.47 Å². The van der Waals surface area contributed by atoms with Gasteiger partial charge < -0.3 is 14.6 Å². The zero-order chi connectivity index (χ0) is 24.9. The number of hydrogen-bond acceptors (Lipinski definition) is 5. The molecular formula is C25H27BrFNO5S. The van der Waals surface area contributed by atoms with Crippen molar-refractivity contribution < 1.29 is 27.4 Å². The van der Waals surface area contributed by atoms with Crippen LogP contribution in [0.5, 0.6) is 11.5 Å². The van der Waals surface area contributed by atoms with E-state index in [1.165, 1.54) is 23.4 Å². The quantitative estimate of drug-likeness (QED) is 0.381. The second-order valence-corrected chi connectivity index (χ2v) is 11.0. The number of halogens is 2. The average Bonchev–Trinajstić information content (AvgIpc) is 2.83. The van der Waals surface area contributed by atoms with Gasteiger partial charge in [0.2, 0.25) is 10.0 Å². The Morgan fingerprint density at radius 1 is 0.912 bits per heavy atom. The first-order chi connectivity index (χ1) is 16.1. The number of rotatable bonds is 10. The number of aliphatic hydroxyl groups excluding tert-OH is 1. The van der Waals surface area contributed by atoms with Crippen molar-refractivity contribution in [3.05, 3.63) is 93.7 Å². The van der Waals surface area contributed by atoms with Gasteiger partial charge in [-0.15, -0.1) is 0 Å². The van der Waals surface area contributed by atoms with E-state index in [2.05, 4.69) is 15.9 Å². The molecule has 0 fully saturated rings. The first kappa shape index (κ1) is 26.2. The Hall–Kier alpha value is -2.46. The van der Waals surface area contributed by atoms with Gasteiger partial charge >= 0.3 is 0 Å². The maximum absolute atomic E-state index is 14.5. The molecule has 182 valence electrons. The molecule has 1 N–H and O–H groups in total. The van der Waals surface area contributed by atoms with E-state index in [9.17, 15) is 17.9 Å². The normalized spacial score (nSPS) is 13.5. The minimum absolute atomic E-state index is 0.0677. The van der Waals surface area contributed by atoms with E-state index in [-0.39, 0.29) is 18.7 Å². The van der Waals surface area contributed by atoms with Gasteiger partial charge in [-0.2, -0.15) is 4.31 Å². The lowest BCUT2D eigenvalue weighted by Crippen LogP contribution is -2.39. The number of aliphatic hydroxyl groups is 1. The third-order valence-corrected chi connectivity index (χ3v) is 8.26. The Labute approximate surface area is 208 Å². The van der Waals surface area contributed by atoms with E-state index in [1.54, 1.807) is 68.8 Å². The van der Waals surface area contributed by atoms with Crippen molar-refractivity contribution >= 4 is 26.0 Å². The van der Waals surface area contributed by atoms with Gasteiger partial charge in [-0.1, -0.05) is 46.3 Å². The van der Waals surface area contributed by atoms with Crippen molar-refractivity contribution in [3.63, 3.8) is 0 Å². The maximum Gasteiger partial charge on any atom is 0.220 e. The first-order valence-corrected chi connectivity index (χ1v) is 12.8. The molecule has 0 aliphatic heterocycles. The largest absolute Gasteiger partial charge is 0.497 e. The molecular weight excluding hydrogens is 525 g/mol. The van der Waals surface area contributed by atoms with Crippen molar-refractivity contribution in [2.24, 2.45) is 0 Å². The molecule has 0 radical (unpaired) electrons. The predicted octanol–water partition coefficient (Wildman–Crippen LogP) is 5.06. The molecule has 0 saturated carbocycles. The van der Waals surface area contributed by atoms with E-state index < -0.39 is 27.2 Å². The zero-order valence-corrected chi connectivity index (χ0v) is 21.5. The maximum atomic E-state index is 14.5. The number of hydrogen-bond donors (Lipinski definition) is 1. The molecule has 9 heteroatoms. The molecule has 0 aromatic heterocycles. The fourth-order valence-corrected chi connectivity index (χ4v) is 5.43. The Bertz CT molecular complexity index is 1150. The van der Waals surface area contributed by atoms with Crippen LogP contribution in [0, 0.1) is 5.82 Å². The molecule has 0 spiro atoms. The van der Waals surface area contributed by atoms with Gasteiger partial charge in [-0.05, 0) is 54.4 Å². The lowest BCUT2D eigenvalue weighted by atomic mass is 10.1. The Morgan fingerprint density at radius 2 is 1.38 bits per heavy atom. The lowest BCUT2D eigenvalue weighted by Gasteiger charge is -2.29. The predicted molar refractivity (Wildman–Crippen MR) is 133 cm³/mol. The van der Waals surface area contributed by atoms with Crippen LogP contribution in [-0.4, -0.2) is 37.3 Å². The summed E-state index contributed by atoms with van der Waals surface area (Å²) in [6.45, 7) is 1.52. The molecule has 0 aliphatic rings. The molecule has 3 rings (SSSR count). The van der Waals surface area contributed by atoms with Crippen LogP contribution in [-0.2, 0) is 23.1 Å². The lowest BCUT2D eigenvalue weighted by molar-refractivity contribution is 0.167. The zero-order valence-electron chi connectivity index (χ0n) is 19.1. The molecule has 0 saturated heterocycles. The third-order valence-electron chi connectivity index (χ3n) is 5.59. The molecule has 0 aliphatic carbocycles. The molecule has 2 atom stereocenters. The molecule has 3 aromatic carbocycles. The SMILES string of the molecule is COc1ccc(CN(Cc2ccc(OC)cc2)S(=O)(=O)[C@H](C)[C@H](O)c2ccc(Br)cc2F)cc1. The highest BCUT2D eigenvalue weighted by Crippen LogP contribution is 2.30. The summed E-state index contributed by atoms with van der Waals surface area (Å²) in [7, 11) is -0.950. The van der Waals surface area contributed by atoms with Crippen LogP contribution in [0.15, 0.2) is 71.2 Å². The molecule has 3 aromatic rings. The molecule has 34 heavy (non-hydrogen) atoms. The summed E-state index contributed by atoms with van der Waals surface area (Å²) < 4.78 is 53.9.